The Kier molecular flexibility index (Phi) is 3.78. The summed E-state index contributed by atoms with van der Waals surface area (Å²) in [5, 5.41) is 8.59. The van der Waals surface area contributed by atoms with Gasteiger partial charge >= 0.3 is 0 Å². The van der Waals surface area contributed by atoms with Crippen LogP contribution in [0.25, 0.3) is 6.08 Å². The number of hydrogen-bond acceptors (Lipinski definition) is 4. The molecule has 0 aliphatic carbocycles. The molecule has 0 bridgehead atoms. The second-order valence-corrected chi connectivity index (χ2v) is 4.73. The van der Waals surface area contributed by atoms with Crippen LogP contribution in [0.3, 0.4) is 0 Å². The summed E-state index contributed by atoms with van der Waals surface area (Å²) in [5.74, 6) is -0.504. The lowest BCUT2D eigenvalue weighted by Gasteiger charge is -2.09. The highest BCUT2D eigenvalue weighted by molar-refractivity contribution is 6.02. The van der Waals surface area contributed by atoms with Crippen LogP contribution < -0.4 is 10.6 Å². The standard InChI is InChI=1S/C17H13N3O2/c21-17-16(20-22)15(18-13-9-5-2-6-10-13)14(19-17)11-12-7-3-1-4-8-12/h1-11,18H,(H,19,21)/b14-11-. The second kappa shape index (κ2) is 6.05. The third kappa shape index (κ3) is 2.78. The quantitative estimate of drug-likeness (QED) is 0.849. The van der Waals surface area contributed by atoms with Crippen molar-refractivity contribution in [2.75, 3.05) is 5.32 Å². The van der Waals surface area contributed by atoms with Crippen molar-refractivity contribution in [3.63, 3.8) is 0 Å². The van der Waals surface area contributed by atoms with E-state index in [1.807, 2.05) is 60.7 Å². The van der Waals surface area contributed by atoms with Crippen molar-refractivity contribution in [1.82, 2.24) is 5.32 Å². The number of nitroso groups, excluding NO2 is 1. The monoisotopic (exact) mass is 291 g/mol. The summed E-state index contributed by atoms with van der Waals surface area (Å²) in [6.07, 6.45) is 1.79. The highest BCUT2D eigenvalue weighted by atomic mass is 16.3. The highest BCUT2D eigenvalue weighted by Gasteiger charge is 2.28. The number of para-hydroxylation sites is 1. The number of anilines is 1. The molecule has 5 nitrogen and oxygen atoms in total. The summed E-state index contributed by atoms with van der Waals surface area (Å²) < 4.78 is 0. The molecule has 2 aromatic rings. The van der Waals surface area contributed by atoms with E-state index in [0.717, 1.165) is 11.3 Å². The van der Waals surface area contributed by atoms with Crippen LogP contribution in [0.1, 0.15) is 5.56 Å². The van der Waals surface area contributed by atoms with Gasteiger partial charge in [0.05, 0.1) is 11.4 Å². The van der Waals surface area contributed by atoms with Crippen LogP contribution in [0.15, 0.2) is 82.9 Å². The minimum Gasteiger partial charge on any atom is -0.352 e. The minimum absolute atomic E-state index is 0.147. The van der Waals surface area contributed by atoms with Crippen LogP contribution in [0.4, 0.5) is 5.69 Å². The fraction of sp³-hybridized carbons (Fsp3) is 0. The summed E-state index contributed by atoms with van der Waals surface area (Å²) in [7, 11) is 0. The zero-order valence-corrected chi connectivity index (χ0v) is 11.6. The van der Waals surface area contributed by atoms with Gasteiger partial charge in [-0.15, -0.1) is 4.91 Å². The molecule has 0 spiro atoms. The topological polar surface area (TPSA) is 70.6 Å². The predicted octanol–water partition coefficient (Wildman–Crippen LogP) is 3.25. The van der Waals surface area contributed by atoms with Crippen LogP contribution in [-0.4, -0.2) is 5.91 Å². The molecule has 1 aliphatic heterocycles. The Hall–Kier alpha value is -3.21. The maximum atomic E-state index is 11.9. The molecule has 3 rings (SSSR count). The predicted molar refractivity (Wildman–Crippen MR) is 85.4 cm³/mol. The molecule has 0 unspecified atom stereocenters. The lowest BCUT2D eigenvalue weighted by Crippen LogP contribution is -2.16. The van der Waals surface area contributed by atoms with Gasteiger partial charge in [-0.2, -0.15) is 0 Å². The van der Waals surface area contributed by atoms with Crippen LogP contribution in [0, 0.1) is 4.91 Å². The average molecular weight is 291 g/mol. The van der Waals surface area contributed by atoms with E-state index in [4.69, 9.17) is 0 Å². The Morgan fingerprint density at radius 2 is 1.59 bits per heavy atom. The molecule has 0 saturated heterocycles. The molecule has 0 saturated carbocycles. The molecule has 0 aromatic heterocycles. The third-order valence-corrected chi connectivity index (χ3v) is 3.21. The second-order valence-electron chi connectivity index (χ2n) is 4.73. The van der Waals surface area contributed by atoms with E-state index in [1.54, 1.807) is 6.08 Å². The van der Waals surface area contributed by atoms with Gasteiger partial charge in [0.25, 0.3) is 5.91 Å². The summed E-state index contributed by atoms with van der Waals surface area (Å²) in [5.41, 5.74) is 2.45. The number of carbonyl (C=O) groups is 1. The molecule has 22 heavy (non-hydrogen) atoms. The molecule has 1 heterocycles. The Bertz CT molecular complexity index is 765. The highest BCUT2D eigenvalue weighted by Crippen LogP contribution is 2.25. The van der Waals surface area contributed by atoms with Gasteiger partial charge in [0.1, 0.15) is 0 Å². The van der Waals surface area contributed by atoms with Gasteiger partial charge in [-0.25, -0.2) is 0 Å². The van der Waals surface area contributed by atoms with Crippen LogP contribution >= 0.6 is 0 Å². The van der Waals surface area contributed by atoms with E-state index in [2.05, 4.69) is 15.8 Å². The van der Waals surface area contributed by atoms with Crippen LogP contribution in [-0.2, 0) is 4.79 Å². The molecular formula is C17H13N3O2. The van der Waals surface area contributed by atoms with Gasteiger partial charge in [0.2, 0.25) is 0 Å². The zero-order valence-electron chi connectivity index (χ0n) is 11.6. The van der Waals surface area contributed by atoms with E-state index < -0.39 is 5.91 Å². The number of amides is 1. The summed E-state index contributed by atoms with van der Waals surface area (Å²) in [6, 6.07) is 18.8. The molecule has 0 radical (unpaired) electrons. The smallest absolute Gasteiger partial charge is 0.280 e. The van der Waals surface area contributed by atoms with Gasteiger partial charge in [-0.3, -0.25) is 4.79 Å². The summed E-state index contributed by atoms with van der Waals surface area (Å²) in [4.78, 5) is 22.8. The van der Waals surface area contributed by atoms with Crippen molar-refractivity contribution in [1.29, 1.82) is 0 Å². The molecule has 1 amide bonds. The molecule has 5 heteroatoms. The zero-order chi connectivity index (χ0) is 15.4. The van der Waals surface area contributed by atoms with Gasteiger partial charge in [-0.05, 0) is 28.9 Å². The van der Waals surface area contributed by atoms with Crippen molar-refractivity contribution >= 4 is 17.7 Å². The number of carbonyl (C=O) groups excluding carboxylic acids is 1. The Morgan fingerprint density at radius 1 is 0.955 bits per heavy atom. The summed E-state index contributed by atoms with van der Waals surface area (Å²) >= 11 is 0. The summed E-state index contributed by atoms with van der Waals surface area (Å²) in [6.45, 7) is 0. The Balaban J connectivity index is 2.00. The average Bonchev–Trinajstić information content (AvgIpc) is 2.84. The van der Waals surface area contributed by atoms with Gasteiger partial charge in [0.15, 0.2) is 5.70 Å². The molecule has 1 aliphatic rings. The number of benzene rings is 2. The lowest BCUT2D eigenvalue weighted by molar-refractivity contribution is -0.116. The number of hydrogen-bond donors (Lipinski definition) is 2. The minimum atomic E-state index is -0.504. The van der Waals surface area contributed by atoms with Crippen LogP contribution in [0.2, 0.25) is 0 Å². The third-order valence-electron chi connectivity index (χ3n) is 3.21. The lowest BCUT2D eigenvalue weighted by atomic mass is 10.1. The molecule has 2 N–H and O–H groups in total. The van der Waals surface area contributed by atoms with E-state index in [-0.39, 0.29) is 5.70 Å². The van der Waals surface area contributed by atoms with E-state index in [0.29, 0.717) is 11.4 Å². The van der Waals surface area contributed by atoms with Crippen molar-refractivity contribution in [2.45, 2.75) is 0 Å². The maximum absolute atomic E-state index is 11.9. The molecular weight excluding hydrogens is 278 g/mol. The van der Waals surface area contributed by atoms with Gasteiger partial charge in [0, 0.05) is 5.69 Å². The maximum Gasteiger partial charge on any atom is 0.280 e. The van der Waals surface area contributed by atoms with Gasteiger partial charge < -0.3 is 10.6 Å². The Morgan fingerprint density at radius 3 is 2.23 bits per heavy atom. The van der Waals surface area contributed by atoms with Gasteiger partial charge in [-0.1, -0.05) is 48.5 Å². The van der Waals surface area contributed by atoms with E-state index in [1.165, 1.54) is 0 Å². The largest absolute Gasteiger partial charge is 0.352 e. The molecule has 108 valence electrons. The number of nitrogens with zero attached hydrogens (tertiary/aromatic N) is 1. The van der Waals surface area contributed by atoms with E-state index >= 15 is 0 Å². The first-order chi connectivity index (χ1) is 10.8. The van der Waals surface area contributed by atoms with Crippen molar-refractivity contribution in [2.24, 2.45) is 5.18 Å². The molecule has 0 fully saturated rings. The Labute approximate surface area is 127 Å². The van der Waals surface area contributed by atoms with Crippen LogP contribution in [0.5, 0.6) is 0 Å². The first kappa shape index (κ1) is 13.8. The fourth-order valence-corrected chi connectivity index (χ4v) is 2.19. The first-order valence-corrected chi connectivity index (χ1v) is 6.76. The molecule has 2 aromatic carbocycles. The normalized spacial score (nSPS) is 15.8. The number of nitrogens with one attached hydrogen (secondary N) is 2. The van der Waals surface area contributed by atoms with E-state index in [9.17, 15) is 9.70 Å². The first-order valence-electron chi connectivity index (χ1n) is 6.76. The van der Waals surface area contributed by atoms with Crippen molar-refractivity contribution < 1.29 is 4.79 Å². The number of rotatable bonds is 4. The molecule has 0 atom stereocenters. The van der Waals surface area contributed by atoms with Crippen molar-refractivity contribution in [3.05, 3.63) is 88.2 Å². The SMILES string of the molecule is O=NC1=C(Nc2ccccc2)/C(=C/c2ccccc2)NC1=O. The fourth-order valence-electron chi connectivity index (χ4n) is 2.19. The van der Waals surface area contributed by atoms with Crippen molar-refractivity contribution in [3.8, 4) is 0 Å².